The van der Waals surface area contributed by atoms with E-state index in [0.717, 1.165) is 6.07 Å². The highest BCUT2D eigenvalue weighted by Gasteiger charge is 2.07. The molecule has 6 heteroatoms. The van der Waals surface area contributed by atoms with Crippen molar-refractivity contribution in [3.8, 4) is 0 Å². The predicted octanol–water partition coefficient (Wildman–Crippen LogP) is 2.78. The van der Waals surface area contributed by atoms with E-state index in [1.54, 1.807) is 18.2 Å². The number of rotatable bonds is 5. The first kappa shape index (κ1) is 14.9. The topological polar surface area (TPSA) is 67.8 Å². The number of hydrogen-bond acceptors (Lipinski definition) is 3. The Morgan fingerprint density at radius 1 is 1.05 bits per heavy atom. The van der Waals surface area contributed by atoms with E-state index in [2.05, 4.69) is 5.16 Å². The van der Waals surface area contributed by atoms with Gasteiger partial charge in [0.05, 0.1) is 13.2 Å². The molecule has 2 aromatic rings. The lowest BCUT2D eigenvalue weighted by Crippen LogP contribution is -2.13. The number of oxime groups is 1. The SMILES string of the molecule is NC(=NO)c1ccc(COCc2ccccc2F)c(F)c1. The van der Waals surface area contributed by atoms with Gasteiger partial charge in [-0.3, -0.25) is 0 Å². The van der Waals surface area contributed by atoms with Gasteiger partial charge < -0.3 is 15.7 Å². The molecule has 0 amide bonds. The molecule has 21 heavy (non-hydrogen) atoms. The normalized spacial score (nSPS) is 11.6. The third-order valence-corrected chi connectivity index (χ3v) is 2.93. The summed E-state index contributed by atoms with van der Waals surface area (Å²) in [6.45, 7) is 0.0464. The molecule has 0 fully saturated rings. The Bertz CT molecular complexity index is 660. The number of hydrogen-bond donors (Lipinski definition) is 2. The first-order valence-corrected chi connectivity index (χ1v) is 6.19. The summed E-state index contributed by atoms with van der Waals surface area (Å²) in [5.74, 6) is -1.07. The average molecular weight is 292 g/mol. The van der Waals surface area contributed by atoms with E-state index in [9.17, 15) is 8.78 Å². The molecule has 0 spiro atoms. The van der Waals surface area contributed by atoms with Gasteiger partial charge in [0.1, 0.15) is 11.6 Å². The van der Waals surface area contributed by atoms with Crippen molar-refractivity contribution in [3.05, 3.63) is 70.8 Å². The fraction of sp³-hybridized carbons (Fsp3) is 0.133. The van der Waals surface area contributed by atoms with Crippen LogP contribution in [0.4, 0.5) is 8.78 Å². The van der Waals surface area contributed by atoms with Crippen LogP contribution >= 0.6 is 0 Å². The molecule has 0 aromatic heterocycles. The van der Waals surface area contributed by atoms with E-state index >= 15 is 0 Å². The molecule has 0 aliphatic rings. The number of halogens is 2. The first-order valence-electron chi connectivity index (χ1n) is 6.19. The van der Waals surface area contributed by atoms with Crippen molar-refractivity contribution in [2.24, 2.45) is 10.9 Å². The third-order valence-electron chi connectivity index (χ3n) is 2.93. The minimum atomic E-state index is -0.535. The molecule has 0 bridgehead atoms. The van der Waals surface area contributed by atoms with Crippen molar-refractivity contribution in [2.75, 3.05) is 0 Å². The minimum Gasteiger partial charge on any atom is -0.409 e. The van der Waals surface area contributed by atoms with Gasteiger partial charge in [0.2, 0.25) is 0 Å². The number of ether oxygens (including phenoxy) is 1. The molecule has 3 N–H and O–H groups in total. The van der Waals surface area contributed by atoms with Gasteiger partial charge in [-0.1, -0.05) is 35.5 Å². The second kappa shape index (κ2) is 6.81. The quantitative estimate of drug-likeness (QED) is 0.385. The van der Waals surface area contributed by atoms with Gasteiger partial charge in [0.25, 0.3) is 0 Å². The van der Waals surface area contributed by atoms with Gasteiger partial charge >= 0.3 is 0 Å². The van der Waals surface area contributed by atoms with E-state index in [1.807, 2.05) is 0 Å². The molecular weight excluding hydrogens is 278 g/mol. The second-order valence-electron chi connectivity index (χ2n) is 4.38. The van der Waals surface area contributed by atoms with Crippen LogP contribution in [0.1, 0.15) is 16.7 Å². The molecular formula is C15H14F2N2O2. The molecule has 110 valence electrons. The Labute approximate surface area is 120 Å². The van der Waals surface area contributed by atoms with Gasteiger partial charge in [0, 0.05) is 16.7 Å². The van der Waals surface area contributed by atoms with Crippen LogP contribution in [0.25, 0.3) is 0 Å². The van der Waals surface area contributed by atoms with Crippen LogP contribution in [0.2, 0.25) is 0 Å². The number of amidine groups is 1. The standard InChI is InChI=1S/C15H14F2N2O2/c16-13-4-2-1-3-11(13)8-21-9-12-6-5-10(7-14(12)17)15(18)19-20/h1-7,20H,8-9H2,(H2,18,19). The van der Waals surface area contributed by atoms with E-state index in [0.29, 0.717) is 11.1 Å². The molecule has 4 nitrogen and oxygen atoms in total. The summed E-state index contributed by atoms with van der Waals surface area (Å²) in [7, 11) is 0. The highest BCUT2D eigenvalue weighted by Crippen LogP contribution is 2.14. The molecule has 0 atom stereocenters. The fourth-order valence-electron chi connectivity index (χ4n) is 1.77. The van der Waals surface area contributed by atoms with Crippen LogP contribution in [0.15, 0.2) is 47.6 Å². The van der Waals surface area contributed by atoms with Crippen LogP contribution in [-0.2, 0) is 18.0 Å². The van der Waals surface area contributed by atoms with Gasteiger partial charge in [0.15, 0.2) is 5.84 Å². The van der Waals surface area contributed by atoms with Gasteiger partial charge in [-0.2, -0.15) is 0 Å². The van der Waals surface area contributed by atoms with Gasteiger partial charge in [-0.25, -0.2) is 8.78 Å². The van der Waals surface area contributed by atoms with Crippen LogP contribution in [0.3, 0.4) is 0 Å². The molecule has 2 aromatic carbocycles. The molecule has 0 saturated carbocycles. The van der Waals surface area contributed by atoms with Crippen molar-refractivity contribution in [1.29, 1.82) is 0 Å². The van der Waals surface area contributed by atoms with Gasteiger partial charge in [-0.05, 0) is 12.1 Å². The summed E-state index contributed by atoms with van der Waals surface area (Å²) < 4.78 is 32.5. The maximum Gasteiger partial charge on any atom is 0.170 e. The Hall–Kier alpha value is -2.47. The summed E-state index contributed by atoms with van der Waals surface area (Å²) in [5, 5.41) is 11.3. The maximum atomic E-state index is 13.8. The molecule has 0 aliphatic heterocycles. The zero-order valence-corrected chi connectivity index (χ0v) is 11.1. The van der Waals surface area contributed by atoms with Crippen molar-refractivity contribution < 1.29 is 18.7 Å². The summed E-state index contributed by atoms with van der Waals surface area (Å²) in [5.41, 5.74) is 6.35. The summed E-state index contributed by atoms with van der Waals surface area (Å²) >= 11 is 0. The van der Waals surface area contributed by atoms with Crippen molar-refractivity contribution in [2.45, 2.75) is 13.2 Å². The van der Waals surface area contributed by atoms with Crippen LogP contribution in [0, 0.1) is 11.6 Å². The second-order valence-corrected chi connectivity index (χ2v) is 4.38. The number of nitrogens with two attached hydrogens (primary N) is 1. The van der Waals surface area contributed by atoms with Crippen molar-refractivity contribution >= 4 is 5.84 Å². The molecule has 0 saturated heterocycles. The highest BCUT2D eigenvalue weighted by molar-refractivity contribution is 5.97. The van der Waals surface area contributed by atoms with Crippen LogP contribution in [-0.4, -0.2) is 11.0 Å². The van der Waals surface area contributed by atoms with Crippen LogP contribution < -0.4 is 5.73 Å². The molecule has 2 rings (SSSR count). The van der Waals surface area contributed by atoms with Crippen molar-refractivity contribution in [1.82, 2.24) is 0 Å². The molecule has 0 aliphatic carbocycles. The number of benzene rings is 2. The molecule has 0 radical (unpaired) electrons. The van der Waals surface area contributed by atoms with E-state index in [4.69, 9.17) is 15.7 Å². The summed E-state index contributed by atoms with van der Waals surface area (Å²) in [4.78, 5) is 0. The van der Waals surface area contributed by atoms with E-state index in [1.165, 1.54) is 18.2 Å². The van der Waals surface area contributed by atoms with Crippen LogP contribution in [0.5, 0.6) is 0 Å². The lowest BCUT2D eigenvalue weighted by molar-refractivity contribution is 0.102. The first-order chi connectivity index (χ1) is 10.1. The van der Waals surface area contributed by atoms with Crippen molar-refractivity contribution in [3.63, 3.8) is 0 Å². The molecule has 0 unspecified atom stereocenters. The highest BCUT2D eigenvalue weighted by atomic mass is 19.1. The van der Waals surface area contributed by atoms with E-state index < -0.39 is 5.82 Å². The summed E-state index contributed by atoms with van der Waals surface area (Å²) in [6, 6.07) is 10.4. The Morgan fingerprint density at radius 2 is 1.71 bits per heavy atom. The Kier molecular flexibility index (Phi) is 4.84. The predicted molar refractivity (Wildman–Crippen MR) is 73.8 cm³/mol. The zero-order valence-electron chi connectivity index (χ0n) is 11.1. The third kappa shape index (κ3) is 3.76. The number of nitrogens with zero attached hydrogens (tertiary/aromatic N) is 1. The lowest BCUT2D eigenvalue weighted by atomic mass is 10.1. The fourth-order valence-corrected chi connectivity index (χ4v) is 1.77. The molecule has 0 heterocycles. The Balaban J connectivity index is 1.99. The minimum absolute atomic E-state index is 0.00335. The lowest BCUT2D eigenvalue weighted by Gasteiger charge is -2.07. The summed E-state index contributed by atoms with van der Waals surface area (Å²) in [6.07, 6.45) is 0. The van der Waals surface area contributed by atoms with Gasteiger partial charge in [-0.15, -0.1) is 0 Å². The Morgan fingerprint density at radius 3 is 2.33 bits per heavy atom. The zero-order chi connectivity index (χ0) is 15.2. The largest absolute Gasteiger partial charge is 0.409 e. The smallest absolute Gasteiger partial charge is 0.170 e. The van der Waals surface area contributed by atoms with E-state index in [-0.39, 0.29) is 30.4 Å². The average Bonchev–Trinajstić information content (AvgIpc) is 2.50. The maximum absolute atomic E-state index is 13.8. The monoisotopic (exact) mass is 292 g/mol.